The Hall–Kier alpha value is -0.340. The molecule has 4 bridgehead atoms. The zero-order valence-corrected chi connectivity index (χ0v) is 10.2. The molecule has 6 atom stereocenters. The summed E-state index contributed by atoms with van der Waals surface area (Å²) >= 11 is 0. The number of hydrogen-bond acceptors (Lipinski definition) is 2. The van der Waals surface area contributed by atoms with Crippen LogP contribution in [-0.4, -0.2) is 21.4 Å². The molecule has 2 heteroatoms. The smallest absolute Gasteiger partial charge is 0.0710 e. The average molecular weight is 222 g/mol. The average Bonchev–Trinajstić information content (AvgIpc) is 2.19. The van der Waals surface area contributed by atoms with Gasteiger partial charge in [0, 0.05) is 5.92 Å². The molecule has 4 aliphatic carbocycles. The van der Waals surface area contributed by atoms with Crippen LogP contribution >= 0.6 is 0 Å². The fraction of sp³-hybridized carbons (Fsp3) is 0.857. The molecule has 2 N–H and O–H groups in total. The fourth-order valence-corrected chi connectivity index (χ4v) is 4.27. The van der Waals surface area contributed by atoms with E-state index in [0.717, 1.165) is 25.7 Å². The predicted octanol–water partition coefficient (Wildman–Crippen LogP) is 2.11. The largest absolute Gasteiger partial charge is 0.390 e. The summed E-state index contributed by atoms with van der Waals surface area (Å²) in [5.74, 6) is 1.34. The highest BCUT2D eigenvalue weighted by molar-refractivity contribution is 5.14. The normalized spacial score (nSPS) is 61.8. The summed E-state index contributed by atoms with van der Waals surface area (Å²) in [4.78, 5) is 0. The topological polar surface area (TPSA) is 40.5 Å². The van der Waals surface area contributed by atoms with Crippen molar-refractivity contribution in [3.63, 3.8) is 0 Å². The second-order valence-electron chi connectivity index (χ2n) is 6.52. The molecule has 0 heterocycles. The molecule has 0 amide bonds. The molecule has 0 radical (unpaired) electrons. The lowest BCUT2D eigenvalue weighted by atomic mass is 9.51. The van der Waals surface area contributed by atoms with Crippen LogP contribution in [-0.2, 0) is 0 Å². The van der Waals surface area contributed by atoms with E-state index in [0.29, 0.717) is 17.8 Å². The van der Waals surface area contributed by atoms with Gasteiger partial charge < -0.3 is 10.2 Å². The fourth-order valence-electron chi connectivity index (χ4n) is 4.27. The first kappa shape index (κ1) is 10.8. The highest BCUT2D eigenvalue weighted by atomic mass is 16.3. The minimum absolute atomic E-state index is 0.240. The molecule has 0 aromatic heterocycles. The zero-order valence-electron chi connectivity index (χ0n) is 10.2. The van der Waals surface area contributed by atoms with E-state index in [2.05, 4.69) is 12.2 Å². The number of rotatable bonds is 0. The van der Waals surface area contributed by atoms with Crippen LogP contribution in [0.15, 0.2) is 12.2 Å². The lowest BCUT2D eigenvalue weighted by Gasteiger charge is -2.57. The lowest BCUT2D eigenvalue weighted by Crippen LogP contribution is -2.59. The van der Waals surface area contributed by atoms with Crippen molar-refractivity contribution in [3.8, 4) is 0 Å². The van der Waals surface area contributed by atoms with Crippen LogP contribution in [0.4, 0.5) is 0 Å². The van der Waals surface area contributed by atoms with Crippen molar-refractivity contribution in [1.29, 1.82) is 0 Å². The van der Waals surface area contributed by atoms with Crippen molar-refractivity contribution >= 4 is 0 Å². The van der Waals surface area contributed by atoms with Crippen LogP contribution in [0.25, 0.3) is 0 Å². The molecule has 6 unspecified atom stereocenters. The van der Waals surface area contributed by atoms with Crippen LogP contribution in [0.3, 0.4) is 0 Å². The van der Waals surface area contributed by atoms with Crippen LogP contribution in [0, 0.1) is 23.7 Å². The monoisotopic (exact) mass is 222 g/mol. The summed E-state index contributed by atoms with van der Waals surface area (Å²) in [7, 11) is 0. The van der Waals surface area contributed by atoms with Gasteiger partial charge in [0.15, 0.2) is 0 Å². The molecule has 0 aliphatic heterocycles. The molecule has 2 fully saturated rings. The summed E-state index contributed by atoms with van der Waals surface area (Å²) < 4.78 is 0. The molecule has 90 valence electrons. The summed E-state index contributed by atoms with van der Waals surface area (Å²) in [6.45, 7) is 4.00. The Bertz CT molecular complexity index is 330. The van der Waals surface area contributed by atoms with Gasteiger partial charge in [-0.3, -0.25) is 0 Å². The summed E-state index contributed by atoms with van der Waals surface area (Å²) in [5.41, 5.74) is -1.07. The van der Waals surface area contributed by atoms with E-state index in [4.69, 9.17) is 0 Å². The quantitative estimate of drug-likeness (QED) is 0.616. The molecule has 2 nitrogen and oxygen atoms in total. The maximum Gasteiger partial charge on any atom is 0.0710 e. The molecule has 16 heavy (non-hydrogen) atoms. The van der Waals surface area contributed by atoms with E-state index in [1.165, 1.54) is 0 Å². The number of hydrogen-bond donors (Lipinski definition) is 2. The van der Waals surface area contributed by atoms with Gasteiger partial charge in [-0.1, -0.05) is 12.2 Å². The van der Waals surface area contributed by atoms with Crippen molar-refractivity contribution in [2.24, 2.45) is 23.7 Å². The predicted molar refractivity (Wildman–Crippen MR) is 62.8 cm³/mol. The molecule has 4 aliphatic rings. The minimum atomic E-state index is -0.553. The van der Waals surface area contributed by atoms with Gasteiger partial charge in [-0.15, -0.1) is 0 Å². The van der Waals surface area contributed by atoms with Crippen molar-refractivity contribution in [2.75, 3.05) is 0 Å². The minimum Gasteiger partial charge on any atom is -0.390 e. The molecule has 2 saturated carbocycles. The van der Waals surface area contributed by atoms with Gasteiger partial charge in [0.1, 0.15) is 0 Å². The third-order valence-electron chi connectivity index (χ3n) is 5.70. The van der Waals surface area contributed by atoms with Gasteiger partial charge in [0.2, 0.25) is 0 Å². The molecule has 0 saturated heterocycles. The molecular formula is C14H22O2. The van der Waals surface area contributed by atoms with Gasteiger partial charge in [0.05, 0.1) is 11.2 Å². The third kappa shape index (κ3) is 1.26. The number of aliphatic hydroxyl groups is 2. The van der Waals surface area contributed by atoms with E-state index in [1.807, 2.05) is 13.8 Å². The Balaban J connectivity index is 2.05. The zero-order chi connectivity index (χ0) is 11.6. The van der Waals surface area contributed by atoms with Crippen LogP contribution < -0.4 is 0 Å². The van der Waals surface area contributed by atoms with E-state index in [9.17, 15) is 10.2 Å². The third-order valence-corrected chi connectivity index (χ3v) is 5.70. The van der Waals surface area contributed by atoms with E-state index < -0.39 is 11.2 Å². The highest BCUT2D eigenvalue weighted by Crippen LogP contribution is 2.56. The van der Waals surface area contributed by atoms with Crippen LogP contribution in [0.2, 0.25) is 0 Å². The van der Waals surface area contributed by atoms with Gasteiger partial charge in [-0.05, 0) is 57.3 Å². The van der Waals surface area contributed by atoms with Gasteiger partial charge >= 0.3 is 0 Å². The molecule has 0 aromatic rings. The first-order chi connectivity index (χ1) is 7.42. The number of allylic oxidation sites excluding steroid dienone is 1. The van der Waals surface area contributed by atoms with E-state index in [1.54, 1.807) is 0 Å². The molecule has 0 spiro atoms. The Morgan fingerprint density at radius 2 is 1.56 bits per heavy atom. The van der Waals surface area contributed by atoms with Gasteiger partial charge in [0.25, 0.3) is 0 Å². The summed E-state index contributed by atoms with van der Waals surface area (Å²) in [6, 6.07) is 0. The molecular weight excluding hydrogens is 200 g/mol. The van der Waals surface area contributed by atoms with Crippen molar-refractivity contribution in [1.82, 2.24) is 0 Å². The van der Waals surface area contributed by atoms with Gasteiger partial charge in [-0.2, -0.15) is 0 Å². The van der Waals surface area contributed by atoms with E-state index >= 15 is 0 Å². The standard InChI is InChI=1S/C14H22O2/c1-13(15)9-4-3-5-10-7-11(13)8-12(6-9)14(10,2)16/h3-4,9-12,15-16H,5-8H2,1-2H3/b4-3-. The van der Waals surface area contributed by atoms with Crippen molar-refractivity contribution < 1.29 is 10.2 Å². The Kier molecular flexibility index (Phi) is 2.10. The number of fused-ring (bicyclic) bond motifs is 1. The highest BCUT2D eigenvalue weighted by Gasteiger charge is 2.56. The second-order valence-corrected chi connectivity index (χ2v) is 6.52. The van der Waals surface area contributed by atoms with Gasteiger partial charge in [-0.25, -0.2) is 0 Å². The molecule has 4 rings (SSSR count). The van der Waals surface area contributed by atoms with Crippen molar-refractivity contribution in [3.05, 3.63) is 12.2 Å². The van der Waals surface area contributed by atoms with Crippen molar-refractivity contribution in [2.45, 2.75) is 50.7 Å². The molecule has 0 aromatic carbocycles. The SMILES string of the molecule is CC1(O)C2/C=C\CC3CC1CC(C2)C3(C)O. The Morgan fingerprint density at radius 3 is 2.31 bits per heavy atom. The second kappa shape index (κ2) is 3.11. The van der Waals surface area contributed by atoms with Crippen LogP contribution in [0.1, 0.15) is 39.5 Å². The maximum atomic E-state index is 10.7. The van der Waals surface area contributed by atoms with E-state index in [-0.39, 0.29) is 5.92 Å². The Morgan fingerprint density at radius 1 is 0.938 bits per heavy atom. The lowest BCUT2D eigenvalue weighted by molar-refractivity contribution is -0.180. The summed E-state index contributed by atoms with van der Waals surface area (Å²) in [6.07, 6.45) is 8.28. The Labute approximate surface area is 97.4 Å². The maximum absolute atomic E-state index is 10.7. The first-order valence-electron chi connectivity index (χ1n) is 6.53. The first-order valence-corrected chi connectivity index (χ1v) is 6.53. The summed E-state index contributed by atoms with van der Waals surface area (Å²) in [5, 5.41) is 21.3. The van der Waals surface area contributed by atoms with Crippen LogP contribution in [0.5, 0.6) is 0 Å².